The molecule has 8 nitrogen and oxygen atoms in total. The highest BCUT2D eigenvalue weighted by Crippen LogP contribution is 2.30. The lowest BCUT2D eigenvalue weighted by Gasteiger charge is -2.27. The second kappa shape index (κ2) is 12.8. The van der Waals surface area contributed by atoms with Crippen molar-refractivity contribution < 1.29 is 27.5 Å². The largest absolute Gasteiger partial charge is 0.416 e. The zero-order chi connectivity index (χ0) is 29.7. The van der Waals surface area contributed by atoms with Gasteiger partial charge in [0.25, 0.3) is 0 Å². The van der Waals surface area contributed by atoms with Crippen molar-refractivity contribution in [3.8, 4) is 0 Å². The van der Waals surface area contributed by atoms with Crippen LogP contribution >= 0.6 is 0 Å². The predicted octanol–water partition coefficient (Wildman–Crippen LogP) is 4.68. The summed E-state index contributed by atoms with van der Waals surface area (Å²) < 4.78 is 44.5. The number of benzene rings is 3. The first kappa shape index (κ1) is 29.3. The number of amides is 2. The first-order valence-corrected chi connectivity index (χ1v) is 13.7. The second-order valence-corrected chi connectivity index (χ2v) is 10.4. The highest BCUT2D eigenvalue weighted by Gasteiger charge is 2.38. The van der Waals surface area contributed by atoms with Crippen molar-refractivity contribution >= 4 is 35.0 Å². The summed E-state index contributed by atoms with van der Waals surface area (Å²) in [4.78, 5) is 28.0. The number of ether oxygens (including phenoxy) is 1. The van der Waals surface area contributed by atoms with Crippen LogP contribution < -0.4 is 21.7 Å². The van der Waals surface area contributed by atoms with Crippen molar-refractivity contribution in [1.29, 1.82) is 0 Å². The zero-order valence-electron chi connectivity index (χ0n) is 22.7. The van der Waals surface area contributed by atoms with Crippen molar-refractivity contribution in [3.63, 3.8) is 0 Å². The molecule has 2 bridgehead atoms. The molecule has 2 aliphatic rings. The number of rotatable bonds is 10. The van der Waals surface area contributed by atoms with Crippen molar-refractivity contribution in [1.82, 2.24) is 10.2 Å². The number of hydrogen-bond acceptors (Lipinski definition) is 6. The Morgan fingerprint density at radius 2 is 1.76 bits per heavy atom. The lowest BCUT2D eigenvalue weighted by atomic mass is 10.0. The van der Waals surface area contributed by atoms with Crippen molar-refractivity contribution in [2.75, 3.05) is 42.6 Å². The average molecular weight is 580 g/mol. The van der Waals surface area contributed by atoms with Gasteiger partial charge in [-0.3, -0.25) is 14.5 Å². The molecule has 5 N–H and O–H groups in total. The van der Waals surface area contributed by atoms with Crippen molar-refractivity contribution in [3.05, 3.63) is 95.6 Å². The molecule has 0 radical (unpaired) electrons. The van der Waals surface area contributed by atoms with E-state index >= 15 is 0 Å². The summed E-state index contributed by atoms with van der Waals surface area (Å²) in [6.07, 6.45) is -0.140. The van der Waals surface area contributed by atoms with Crippen LogP contribution in [0.25, 0.3) is 6.08 Å². The normalized spacial score (nSPS) is 19.2. The fraction of sp³-hybridized carbons (Fsp3) is 0.290. The number of morpholine rings is 1. The Morgan fingerprint density at radius 1 is 1.02 bits per heavy atom. The third kappa shape index (κ3) is 7.35. The Bertz CT molecular complexity index is 1430. The summed E-state index contributed by atoms with van der Waals surface area (Å²) >= 11 is 0. The zero-order valence-corrected chi connectivity index (χ0v) is 22.7. The summed E-state index contributed by atoms with van der Waals surface area (Å²) in [7, 11) is 0. The van der Waals surface area contributed by atoms with E-state index < -0.39 is 23.7 Å². The number of nitrogens with zero attached hydrogens (tertiary/aromatic N) is 1. The lowest BCUT2D eigenvalue weighted by molar-refractivity contribution is -0.137. The number of nitrogens with two attached hydrogens (primary N) is 1. The van der Waals surface area contributed by atoms with E-state index in [0.29, 0.717) is 36.1 Å². The van der Waals surface area contributed by atoms with E-state index in [1.807, 2.05) is 0 Å². The molecule has 2 amide bonds. The maximum Gasteiger partial charge on any atom is 0.416 e. The van der Waals surface area contributed by atoms with Crippen LogP contribution in [0.1, 0.15) is 29.2 Å². The summed E-state index contributed by atoms with van der Waals surface area (Å²) in [6.45, 7) is 2.84. The summed E-state index contributed by atoms with van der Waals surface area (Å²) in [5, 5.41) is 8.77. The Balaban J connectivity index is 1.25. The van der Waals surface area contributed by atoms with Crippen LogP contribution in [0.4, 0.5) is 30.2 Å². The molecule has 5 rings (SSSR count). The van der Waals surface area contributed by atoms with E-state index in [0.717, 1.165) is 37.2 Å². The molecule has 0 spiro atoms. The van der Waals surface area contributed by atoms with E-state index in [4.69, 9.17) is 10.5 Å². The van der Waals surface area contributed by atoms with Gasteiger partial charge in [-0.2, -0.15) is 13.2 Å². The molecule has 0 aromatic heterocycles. The summed E-state index contributed by atoms with van der Waals surface area (Å²) in [5.41, 5.74) is 7.74. The van der Waals surface area contributed by atoms with Gasteiger partial charge in [0.15, 0.2) is 0 Å². The molecule has 2 aliphatic heterocycles. The van der Waals surface area contributed by atoms with Crippen LogP contribution in [-0.4, -0.2) is 55.1 Å². The minimum Gasteiger partial charge on any atom is -0.397 e. The molecular formula is C31H32F3N5O3. The average Bonchev–Trinajstić information content (AvgIpc) is 3.59. The number of para-hydroxylation sites is 2. The highest BCUT2D eigenvalue weighted by atomic mass is 19.4. The molecule has 3 aromatic rings. The Hall–Kier alpha value is -4.19. The summed E-state index contributed by atoms with van der Waals surface area (Å²) in [6, 6.07) is 18.1. The number of likely N-dealkylation sites (tertiary alicyclic amines) is 1. The van der Waals surface area contributed by atoms with Crippen LogP contribution in [-0.2, 0) is 20.5 Å². The lowest BCUT2D eigenvalue weighted by Crippen LogP contribution is -2.43. The van der Waals surface area contributed by atoms with Crippen LogP contribution in [0.15, 0.2) is 78.9 Å². The molecule has 3 atom stereocenters. The number of carbonyl (C=O) groups excluding carboxylic acids is 2. The van der Waals surface area contributed by atoms with Crippen molar-refractivity contribution in [2.45, 2.75) is 30.8 Å². The number of hydrogen-bond donors (Lipinski definition) is 4. The third-order valence-corrected chi connectivity index (χ3v) is 7.42. The van der Waals surface area contributed by atoms with Gasteiger partial charge in [-0.05, 0) is 60.0 Å². The minimum absolute atomic E-state index is 0.262. The van der Waals surface area contributed by atoms with E-state index in [1.165, 1.54) is 18.2 Å². The van der Waals surface area contributed by atoms with Gasteiger partial charge in [-0.15, -0.1) is 0 Å². The molecule has 2 heterocycles. The molecular weight excluding hydrogens is 547 g/mol. The molecule has 0 aliphatic carbocycles. The standard InChI is InChI=1S/C31H32F3N5O3/c32-31(33,34)22-10-12-23(13-11-22)37-30(41)29(36-15-16-39-18-25-17-24(39)19-42-25)21-8-5-20(6-9-21)7-14-28(40)38-27-4-2-1-3-26(27)35/h1-14,24-25,29,36H,15-19,35H2,(H,37,41)(H,38,40)/b14-7+/t24?,25?,29-/m0/s1. The van der Waals surface area contributed by atoms with Gasteiger partial charge in [-0.25, -0.2) is 0 Å². The molecule has 2 saturated heterocycles. The molecule has 0 saturated carbocycles. The highest BCUT2D eigenvalue weighted by molar-refractivity contribution is 6.03. The molecule has 2 unspecified atom stereocenters. The van der Waals surface area contributed by atoms with E-state index in [-0.39, 0.29) is 17.7 Å². The minimum atomic E-state index is -4.46. The van der Waals surface area contributed by atoms with Gasteiger partial charge in [0.05, 0.1) is 29.6 Å². The monoisotopic (exact) mass is 579 g/mol. The molecule has 220 valence electrons. The smallest absolute Gasteiger partial charge is 0.397 e. The molecule has 11 heteroatoms. The fourth-order valence-corrected chi connectivity index (χ4v) is 5.18. The third-order valence-electron chi connectivity index (χ3n) is 7.42. The maximum absolute atomic E-state index is 13.3. The number of carbonyl (C=O) groups is 2. The predicted molar refractivity (Wildman–Crippen MR) is 155 cm³/mol. The quantitative estimate of drug-likeness (QED) is 0.205. The number of nitrogens with one attached hydrogen (secondary N) is 3. The van der Waals surface area contributed by atoms with Crippen molar-refractivity contribution in [2.24, 2.45) is 0 Å². The van der Waals surface area contributed by atoms with Gasteiger partial charge in [-0.1, -0.05) is 36.4 Å². The van der Waals surface area contributed by atoms with E-state index in [9.17, 15) is 22.8 Å². The summed E-state index contributed by atoms with van der Waals surface area (Å²) in [5.74, 6) is -0.738. The van der Waals surface area contributed by atoms with Crippen LogP contribution in [0.3, 0.4) is 0 Å². The van der Waals surface area contributed by atoms with Gasteiger partial charge < -0.3 is 26.4 Å². The topological polar surface area (TPSA) is 109 Å². The van der Waals surface area contributed by atoms with Gasteiger partial charge in [0.2, 0.25) is 11.8 Å². The van der Waals surface area contributed by atoms with E-state index in [2.05, 4.69) is 20.9 Å². The maximum atomic E-state index is 13.3. The fourth-order valence-electron chi connectivity index (χ4n) is 5.18. The Morgan fingerprint density at radius 3 is 2.40 bits per heavy atom. The Kier molecular flexibility index (Phi) is 8.91. The number of anilines is 3. The number of halogens is 3. The van der Waals surface area contributed by atoms with Crippen LogP contribution in [0.2, 0.25) is 0 Å². The van der Waals surface area contributed by atoms with Gasteiger partial charge in [0.1, 0.15) is 6.04 Å². The Labute approximate surface area is 241 Å². The first-order valence-electron chi connectivity index (χ1n) is 13.7. The molecule has 2 fully saturated rings. The SMILES string of the molecule is Nc1ccccc1NC(=O)/C=C/c1ccc([C@H](NCCN2CC3CC2CO3)C(=O)Nc2ccc(C(F)(F)F)cc2)cc1. The number of nitrogen functional groups attached to an aromatic ring is 1. The van der Waals surface area contributed by atoms with Gasteiger partial charge in [0, 0.05) is 37.4 Å². The molecule has 42 heavy (non-hydrogen) atoms. The van der Waals surface area contributed by atoms with Crippen LogP contribution in [0.5, 0.6) is 0 Å². The molecule has 3 aromatic carbocycles. The number of alkyl halides is 3. The number of fused-ring (bicyclic) bond motifs is 2. The van der Waals surface area contributed by atoms with Crippen LogP contribution in [0, 0.1) is 0 Å². The first-order chi connectivity index (χ1) is 20.2. The second-order valence-electron chi connectivity index (χ2n) is 10.4. The van der Waals surface area contributed by atoms with Gasteiger partial charge >= 0.3 is 6.18 Å². The van der Waals surface area contributed by atoms with E-state index in [1.54, 1.807) is 54.6 Å².